The van der Waals surface area contributed by atoms with E-state index in [-0.39, 0.29) is 13.1 Å². The molecule has 2 heterocycles. The number of alkyl halides is 12. The van der Waals surface area contributed by atoms with Gasteiger partial charge >= 0.3 is 35.1 Å². The Kier molecular flexibility index (Phi) is 14.8. The summed E-state index contributed by atoms with van der Waals surface area (Å²) >= 11 is 0. The zero-order valence-corrected chi connectivity index (χ0v) is 24.1. The molecule has 0 fully saturated rings. The Labute approximate surface area is 247 Å². The van der Waals surface area contributed by atoms with Gasteiger partial charge < -0.3 is 18.6 Å². The molecule has 0 bridgehead atoms. The van der Waals surface area contributed by atoms with Crippen molar-refractivity contribution in [1.29, 1.82) is 0 Å². The van der Waals surface area contributed by atoms with Crippen LogP contribution in [-0.4, -0.2) is 51.2 Å². The van der Waals surface area contributed by atoms with Crippen LogP contribution in [0.2, 0.25) is 0 Å². The van der Waals surface area contributed by atoms with Crippen molar-refractivity contribution in [3.8, 4) is 11.8 Å². The molecule has 10 nitrogen and oxygen atoms in total. The maximum absolute atomic E-state index is 12.9. The van der Waals surface area contributed by atoms with Crippen LogP contribution in [0, 0.1) is 0 Å². The largest absolute Gasteiger partial charge is 0.741 e. The first-order chi connectivity index (χ1) is 20.1. The Morgan fingerprint density at radius 2 is 0.844 bits per heavy atom. The van der Waals surface area contributed by atoms with Crippen molar-refractivity contribution in [2.24, 2.45) is 0 Å². The summed E-state index contributed by atoms with van der Waals surface area (Å²) in [4.78, 5) is 0. The Bertz CT molecular complexity index is 1350. The summed E-state index contributed by atoms with van der Waals surface area (Å²) in [7, 11) is -9.44. The second-order valence-corrected chi connectivity index (χ2v) is 10.9. The zero-order valence-electron chi connectivity index (χ0n) is 22.5. The van der Waals surface area contributed by atoms with Crippen LogP contribution in [0.5, 0.6) is 11.8 Å². The number of rotatable bonds is 8. The van der Waals surface area contributed by atoms with Crippen LogP contribution >= 0.6 is 0 Å². The van der Waals surface area contributed by atoms with Crippen LogP contribution in [0.15, 0.2) is 36.7 Å². The van der Waals surface area contributed by atoms with Gasteiger partial charge in [-0.2, -0.15) is 61.8 Å². The lowest BCUT2D eigenvalue weighted by molar-refractivity contribution is -0.706. The van der Waals surface area contributed by atoms with E-state index < -0.39 is 54.7 Å². The lowest BCUT2D eigenvalue weighted by atomic mass is 10.2. The minimum Gasteiger partial charge on any atom is -0.741 e. The van der Waals surface area contributed by atoms with E-state index in [9.17, 15) is 52.7 Å². The van der Waals surface area contributed by atoms with Gasteiger partial charge in [-0.3, -0.25) is 0 Å². The van der Waals surface area contributed by atoms with Gasteiger partial charge in [-0.15, -0.1) is 0 Å². The number of hydrogen-bond acceptors (Lipinski definition) is 8. The van der Waals surface area contributed by atoms with E-state index in [4.69, 9.17) is 35.4 Å². The molecule has 0 aromatic carbocycles. The van der Waals surface area contributed by atoms with Gasteiger partial charge in [-0.1, -0.05) is 0 Å². The third kappa shape index (κ3) is 14.7. The van der Waals surface area contributed by atoms with Crippen LogP contribution < -0.4 is 18.6 Å². The number of methoxy groups -OCH3 is 2. The third-order valence-electron chi connectivity index (χ3n) is 4.90. The first kappa shape index (κ1) is 41.9. The Balaban J connectivity index is 0.000000991. The first-order valence-electron chi connectivity index (χ1n) is 11.4. The lowest BCUT2D eigenvalue weighted by Gasteiger charge is -2.08. The first-order valence-corrected chi connectivity index (χ1v) is 14.2. The maximum Gasteiger partial charge on any atom is 0.485 e. The molecule has 2 aromatic heterocycles. The van der Waals surface area contributed by atoms with Crippen molar-refractivity contribution in [3.63, 3.8) is 0 Å². The molecule has 24 heteroatoms. The second kappa shape index (κ2) is 15.9. The minimum atomic E-state index is -6.09. The number of halogens is 12. The molecule has 0 aliphatic heterocycles. The van der Waals surface area contributed by atoms with Crippen LogP contribution in [0.1, 0.15) is 30.4 Å². The molecule has 0 radical (unpaired) electrons. The van der Waals surface area contributed by atoms with E-state index in [0.29, 0.717) is 31.0 Å². The fraction of sp³-hybridized carbons (Fsp3) is 0.524. The van der Waals surface area contributed by atoms with Gasteiger partial charge in [-0.05, 0) is 18.6 Å². The average molecular weight is 723 g/mol. The van der Waals surface area contributed by atoms with E-state index in [2.05, 4.69) is 0 Å². The summed E-state index contributed by atoms with van der Waals surface area (Å²) in [6.07, 6.45) is -5.27. The molecule has 0 amide bonds. The summed E-state index contributed by atoms with van der Waals surface area (Å²) in [6, 6.07) is 4.41. The van der Waals surface area contributed by atoms with E-state index in [0.717, 1.165) is 24.5 Å². The van der Waals surface area contributed by atoms with Gasteiger partial charge in [0.05, 0.1) is 26.4 Å². The molecule has 0 aliphatic carbocycles. The summed E-state index contributed by atoms with van der Waals surface area (Å²) in [5.74, 6) is 0.596. The van der Waals surface area contributed by atoms with Crippen molar-refractivity contribution >= 4 is 20.2 Å². The summed E-state index contributed by atoms with van der Waals surface area (Å²) < 4.78 is 208. The summed E-state index contributed by atoms with van der Waals surface area (Å²) in [5, 5.41) is 0. The predicted molar refractivity (Wildman–Crippen MR) is 122 cm³/mol. The smallest absolute Gasteiger partial charge is 0.485 e. The number of unbranched alkanes of at least 4 members (excludes halogenated alkanes) is 2. The fourth-order valence-corrected chi connectivity index (χ4v) is 2.86. The van der Waals surface area contributed by atoms with Gasteiger partial charge in [0, 0.05) is 12.8 Å². The SMILES string of the molecule is COc1ccc(C(F)(F)F)c[n+]1CCCCC[n+]1cc(C(F)(F)F)ccc1OC.O=S(=O)([O-])C(F)(F)F.O=S(=O)([O-])C(F)(F)F. The number of pyridine rings is 2. The topological polar surface area (TPSA) is 141 Å². The van der Waals surface area contributed by atoms with Gasteiger partial charge in [0.2, 0.25) is 0 Å². The monoisotopic (exact) mass is 722 g/mol. The summed E-state index contributed by atoms with van der Waals surface area (Å²) in [5.41, 5.74) is -12.8. The highest BCUT2D eigenvalue weighted by molar-refractivity contribution is 7.86. The van der Waals surface area contributed by atoms with Gasteiger partial charge in [0.15, 0.2) is 45.7 Å². The molecule has 0 N–H and O–H groups in total. The van der Waals surface area contributed by atoms with Crippen LogP contribution in [0.25, 0.3) is 0 Å². The van der Waals surface area contributed by atoms with Gasteiger partial charge in [0.1, 0.15) is 11.1 Å². The van der Waals surface area contributed by atoms with Crippen molar-refractivity contribution in [3.05, 3.63) is 47.8 Å². The van der Waals surface area contributed by atoms with Gasteiger partial charge in [0.25, 0.3) is 0 Å². The normalized spacial score (nSPS) is 12.8. The fourth-order valence-electron chi connectivity index (χ4n) is 2.86. The Morgan fingerprint density at radius 1 is 0.578 bits per heavy atom. The van der Waals surface area contributed by atoms with Crippen molar-refractivity contribution < 1.29 is 97.2 Å². The highest BCUT2D eigenvalue weighted by Gasteiger charge is 2.38. The Hall–Kier alpha value is -3.12. The van der Waals surface area contributed by atoms with Crippen LogP contribution in [-0.2, 0) is 45.7 Å². The number of hydrogen-bond donors (Lipinski definition) is 0. The molecule has 45 heavy (non-hydrogen) atoms. The molecule has 260 valence electrons. The molecule has 0 saturated heterocycles. The molecular formula is C21H22F12N2O8S2. The number of aromatic nitrogens is 2. The quantitative estimate of drug-likeness (QED) is 0.129. The summed E-state index contributed by atoms with van der Waals surface area (Å²) in [6.45, 7) is 0.578. The highest BCUT2D eigenvalue weighted by Crippen LogP contribution is 2.30. The van der Waals surface area contributed by atoms with E-state index in [1.807, 2.05) is 0 Å². The number of ether oxygens (including phenoxy) is 2. The van der Waals surface area contributed by atoms with Gasteiger partial charge in [-0.25, -0.2) is 16.8 Å². The third-order valence-corrected chi connectivity index (χ3v) is 6.04. The number of nitrogens with zero attached hydrogens (tertiary/aromatic N) is 2. The molecule has 0 spiro atoms. The van der Waals surface area contributed by atoms with Crippen molar-refractivity contribution in [2.45, 2.75) is 55.7 Å². The second-order valence-electron chi connectivity index (χ2n) is 8.16. The number of aryl methyl sites for hydroxylation is 2. The minimum absolute atomic E-state index is 0.289. The molecule has 0 atom stereocenters. The maximum atomic E-state index is 12.9. The molecule has 2 rings (SSSR count). The lowest BCUT2D eigenvalue weighted by Crippen LogP contribution is -2.38. The van der Waals surface area contributed by atoms with Crippen LogP contribution in [0.4, 0.5) is 52.7 Å². The van der Waals surface area contributed by atoms with Crippen molar-refractivity contribution in [2.75, 3.05) is 14.2 Å². The highest BCUT2D eigenvalue weighted by atomic mass is 32.2. The van der Waals surface area contributed by atoms with E-state index in [1.54, 1.807) is 0 Å². The molecule has 0 aliphatic rings. The predicted octanol–water partition coefficient (Wildman–Crippen LogP) is 4.29. The van der Waals surface area contributed by atoms with E-state index in [1.165, 1.54) is 35.5 Å². The zero-order chi connectivity index (χ0) is 35.7. The van der Waals surface area contributed by atoms with Crippen molar-refractivity contribution in [1.82, 2.24) is 0 Å². The Morgan fingerprint density at radius 3 is 1.04 bits per heavy atom. The standard InChI is InChI=1S/C19H22F6N2O2.2CHF3O3S/c1-28-16-8-6-14(18(20,21)22)12-26(16)10-4-3-5-11-27-13-15(19(23,24)25)7-9-17(27)29-2;2*2-1(3,4)8(5,6)7/h6-9,12-13H,3-5,10-11H2,1-2H3;2*(H,5,6,7)/q+2;;/p-2. The van der Waals surface area contributed by atoms with E-state index >= 15 is 0 Å². The molecular weight excluding hydrogens is 700 g/mol. The molecule has 0 saturated carbocycles. The molecule has 2 aromatic rings. The molecule has 0 unspecified atom stereocenters. The average Bonchev–Trinajstić information content (AvgIpc) is 2.85. The van der Waals surface area contributed by atoms with Crippen LogP contribution in [0.3, 0.4) is 0 Å².